The van der Waals surface area contributed by atoms with Crippen LogP contribution in [-0.4, -0.2) is 31.1 Å². The number of pyridine rings is 1. The molecule has 4 rings (SSSR count). The molecule has 0 amide bonds. The summed E-state index contributed by atoms with van der Waals surface area (Å²) in [5.41, 5.74) is 3.70. The van der Waals surface area contributed by atoms with Gasteiger partial charge >= 0.3 is 11.9 Å². The first-order valence-electron chi connectivity index (χ1n) is 9.19. The molecule has 1 aliphatic rings. The van der Waals surface area contributed by atoms with Gasteiger partial charge in [-0.3, -0.25) is 4.98 Å². The highest BCUT2D eigenvalue weighted by Gasteiger charge is 2.39. The Kier molecular flexibility index (Phi) is 4.99. The van der Waals surface area contributed by atoms with Gasteiger partial charge in [0.1, 0.15) is 11.1 Å². The molecule has 0 aliphatic carbocycles. The van der Waals surface area contributed by atoms with Gasteiger partial charge in [0, 0.05) is 28.5 Å². The second kappa shape index (κ2) is 7.50. The number of rotatable bonds is 3. The predicted molar refractivity (Wildman–Crippen MR) is 112 cm³/mol. The van der Waals surface area contributed by atoms with Crippen molar-refractivity contribution in [1.82, 2.24) is 10.3 Å². The van der Waals surface area contributed by atoms with Gasteiger partial charge in [0.05, 0.1) is 36.3 Å². The normalized spacial score (nSPS) is 15.0. The van der Waals surface area contributed by atoms with Crippen LogP contribution in [0.15, 0.2) is 57.4 Å². The monoisotopic (exact) mass is 426 g/mol. The Bertz CT molecular complexity index is 1230. The Hall–Kier alpha value is -3.32. The number of furan rings is 1. The first-order chi connectivity index (χ1) is 14.4. The molecule has 3 aromatic rings. The molecular formula is C22H19ClN2O5. The van der Waals surface area contributed by atoms with Crippen LogP contribution in [0.5, 0.6) is 0 Å². The zero-order chi connectivity index (χ0) is 21.6. The van der Waals surface area contributed by atoms with Crippen LogP contribution in [0.3, 0.4) is 0 Å². The number of carbonyl (C=O) groups excluding carboxylic acids is 2. The van der Waals surface area contributed by atoms with Crippen molar-refractivity contribution in [2.45, 2.75) is 19.8 Å². The molecule has 30 heavy (non-hydrogen) atoms. The summed E-state index contributed by atoms with van der Waals surface area (Å²) in [4.78, 5) is 29.9. The topological polar surface area (TPSA) is 90.7 Å². The van der Waals surface area contributed by atoms with Crippen LogP contribution in [0.25, 0.3) is 22.1 Å². The summed E-state index contributed by atoms with van der Waals surface area (Å²) in [6.45, 7) is 3.47. The van der Waals surface area contributed by atoms with Gasteiger partial charge in [-0.05, 0) is 26.0 Å². The molecular weight excluding hydrogens is 408 g/mol. The number of hydrogen-bond donors (Lipinski definition) is 1. The number of fused-ring (bicyclic) bond motifs is 3. The average molecular weight is 427 g/mol. The van der Waals surface area contributed by atoms with E-state index in [-0.39, 0.29) is 16.2 Å². The number of para-hydroxylation sites is 1. The average Bonchev–Trinajstić information content (AvgIpc) is 3.12. The molecule has 1 N–H and O–H groups in total. The molecule has 0 fully saturated rings. The highest BCUT2D eigenvalue weighted by molar-refractivity contribution is 6.36. The fraction of sp³-hybridized carbons (Fsp3) is 0.227. The third-order valence-electron chi connectivity index (χ3n) is 5.24. The first-order valence-corrected chi connectivity index (χ1v) is 9.57. The Morgan fingerprint density at radius 2 is 1.67 bits per heavy atom. The minimum Gasteiger partial charge on any atom is -0.466 e. The van der Waals surface area contributed by atoms with Crippen molar-refractivity contribution in [2.75, 3.05) is 14.2 Å². The minimum atomic E-state index is -0.830. The summed E-state index contributed by atoms with van der Waals surface area (Å²) in [6, 6.07) is 7.46. The van der Waals surface area contributed by atoms with Gasteiger partial charge in [0.2, 0.25) is 0 Å². The molecule has 1 aromatic carbocycles. The Morgan fingerprint density at radius 3 is 2.27 bits per heavy atom. The molecule has 3 heterocycles. The third-order valence-corrected chi connectivity index (χ3v) is 5.63. The second-order valence-electron chi connectivity index (χ2n) is 6.92. The van der Waals surface area contributed by atoms with E-state index in [0.29, 0.717) is 33.6 Å². The van der Waals surface area contributed by atoms with E-state index in [1.54, 1.807) is 20.0 Å². The van der Waals surface area contributed by atoms with E-state index < -0.39 is 17.9 Å². The summed E-state index contributed by atoms with van der Waals surface area (Å²) in [7, 11) is 2.57. The zero-order valence-electron chi connectivity index (χ0n) is 16.8. The van der Waals surface area contributed by atoms with Gasteiger partial charge in [0.25, 0.3) is 0 Å². The SMILES string of the molecule is COC(=O)C1=C(C)NC(C)=C(C(=O)OC)C1c1cnc2c(oc3ccccc32)c1Cl. The summed E-state index contributed by atoms with van der Waals surface area (Å²) in [6.07, 6.45) is 1.56. The molecule has 0 saturated heterocycles. The molecule has 7 nitrogen and oxygen atoms in total. The second-order valence-corrected chi connectivity index (χ2v) is 7.30. The molecule has 2 aromatic heterocycles. The zero-order valence-corrected chi connectivity index (χ0v) is 17.6. The smallest absolute Gasteiger partial charge is 0.336 e. The maximum absolute atomic E-state index is 12.7. The van der Waals surface area contributed by atoms with Crippen LogP contribution in [0.1, 0.15) is 25.3 Å². The van der Waals surface area contributed by atoms with Crippen molar-refractivity contribution in [3.63, 3.8) is 0 Å². The van der Waals surface area contributed by atoms with E-state index in [0.717, 1.165) is 5.39 Å². The van der Waals surface area contributed by atoms with Gasteiger partial charge in [-0.1, -0.05) is 23.7 Å². The standard InChI is InChI=1S/C22H19ClN2O5/c1-10-15(21(26)28-3)17(16(11(2)25-10)22(27)29-4)13-9-24-19-12-7-5-6-8-14(12)30-20(19)18(13)23/h5-9,17,25H,1-4H3. The van der Waals surface area contributed by atoms with Crippen LogP contribution in [0, 0.1) is 0 Å². The molecule has 1 aliphatic heterocycles. The van der Waals surface area contributed by atoms with Crippen molar-refractivity contribution in [1.29, 1.82) is 0 Å². The number of hydrogen-bond acceptors (Lipinski definition) is 7. The number of aromatic nitrogens is 1. The van der Waals surface area contributed by atoms with Crippen molar-refractivity contribution in [2.24, 2.45) is 0 Å². The van der Waals surface area contributed by atoms with E-state index in [1.165, 1.54) is 14.2 Å². The van der Waals surface area contributed by atoms with E-state index in [9.17, 15) is 9.59 Å². The summed E-state index contributed by atoms with van der Waals surface area (Å²) in [5, 5.41) is 4.15. The van der Waals surface area contributed by atoms with Crippen LogP contribution < -0.4 is 5.32 Å². The largest absolute Gasteiger partial charge is 0.466 e. The van der Waals surface area contributed by atoms with Crippen LogP contribution in [0.2, 0.25) is 5.02 Å². The number of carbonyl (C=O) groups is 2. The highest BCUT2D eigenvalue weighted by atomic mass is 35.5. The number of halogens is 1. The van der Waals surface area contributed by atoms with Crippen LogP contribution in [0.4, 0.5) is 0 Å². The fourth-order valence-electron chi connectivity index (χ4n) is 3.90. The molecule has 0 bridgehead atoms. The lowest BCUT2D eigenvalue weighted by molar-refractivity contribution is -0.137. The number of esters is 2. The summed E-state index contributed by atoms with van der Waals surface area (Å²) in [5.74, 6) is -2.00. The molecule has 0 spiro atoms. The third kappa shape index (κ3) is 2.93. The quantitative estimate of drug-likeness (QED) is 0.627. The van der Waals surface area contributed by atoms with E-state index in [4.69, 9.17) is 25.5 Å². The summed E-state index contributed by atoms with van der Waals surface area (Å²) >= 11 is 6.76. The summed E-state index contributed by atoms with van der Waals surface area (Å²) < 4.78 is 15.9. The van der Waals surface area contributed by atoms with E-state index in [1.807, 2.05) is 24.3 Å². The van der Waals surface area contributed by atoms with Crippen molar-refractivity contribution in [3.05, 3.63) is 63.6 Å². The molecule has 0 radical (unpaired) electrons. The maximum atomic E-state index is 12.7. The lowest BCUT2D eigenvalue weighted by Crippen LogP contribution is -2.32. The lowest BCUT2D eigenvalue weighted by Gasteiger charge is -2.30. The van der Waals surface area contributed by atoms with Gasteiger partial charge in [-0.2, -0.15) is 0 Å². The van der Waals surface area contributed by atoms with E-state index >= 15 is 0 Å². The van der Waals surface area contributed by atoms with E-state index in [2.05, 4.69) is 10.3 Å². The fourth-order valence-corrected chi connectivity index (χ4v) is 4.18. The van der Waals surface area contributed by atoms with Gasteiger partial charge in [-0.15, -0.1) is 0 Å². The number of nitrogens with one attached hydrogen (secondary N) is 1. The minimum absolute atomic E-state index is 0.252. The first kappa shape index (κ1) is 20.0. The van der Waals surface area contributed by atoms with Crippen molar-refractivity contribution >= 4 is 45.6 Å². The number of benzene rings is 1. The van der Waals surface area contributed by atoms with Gasteiger partial charge in [0.15, 0.2) is 5.58 Å². The number of ether oxygens (including phenoxy) is 2. The van der Waals surface area contributed by atoms with Crippen LogP contribution >= 0.6 is 11.6 Å². The Morgan fingerprint density at radius 1 is 1.07 bits per heavy atom. The number of allylic oxidation sites excluding steroid dienone is 2. The Labute approximate surface area is 177 Å². The molecule has 0 unspecified atom stereocenters. The molecule has 0 atom stereocenters. The molecule has 8 heteroatoms. The van der Waals surface area contributed by atoms with Gasteiger partial charge in [-0.25, -0.2) is 9.59 Å². The van der Waals surface area contributed by atoms with Crippen molar-refractivity contribution < 1.29 is 23.5 Å². The Balaban J connectivity index is 2.02. The number of methoxy groups -OCH3 is 2. The highest BCUT2D eigenvalue weighted by Crippen LogP contribution is 2.44. The lowest BCUT2D eigenvalue weighted by atomic mass is 9.81. The maximum Gasteiger partial charge on any atom is 0.336 e. The predicted octanol–water partition coefficient (Wildman–Crippen LogP) is 4.22. The number of nitrogens with zero attached hydrogens (tertiary/aromatic N) is 1. The number of dihydropyridines is 1. The van der Waals surface area contributed by atoms with Gasteiger partial charge < -0.3 is 19.2 Å². The molecule has 154 valence electrons. The molecule has 0 saturated carbocycles. The van der Waals surface area contributed by atoms with Crippen LogP contribution in [-0.2, 0) is 19.1 Å². The van der Waals surface area contributed by atoms with Crippen molar-refractivity contribution in [3.8, 4) is 0 Å².